The van der Waals surface area contributed by atoms with E-state index in [1.54, 1.807) is 7.05 Å². The summed E-state index contributed by atoms with van der Waals surface area (Å²) in [6.45, 7) is 1.99. The topological polar surface area (TPSA) is 69.6 Å². The van der Waals surface area contributed by atoms with Gasteiger partial charge in [0.1, 0.15) is 0 Å². The quantitative estimate of drug-likeness (QED) is 0.686. The van der Waals surface area contributed by atoms with Crippen LogP contribution >= 0.6 is 0 Å². The lowest BCUT2D eigenvalue weighted by Gasteiger charge is -2.26. The molecule has 1 saturated heterocycles. The van der Waals surface area contributed by atoms with E-state index in [-0.39, 0.29) is 18.2 Å². The molecule has 1 amide bonds. The number of hydrogen-bond acceptors (Lipinski definition) is 3. The molecule has 5 heteroatoms. The van der Waals surface area contributed by atoms with Gasteiger partial charge in [0.15, 0.2) is 0 Å². The number of nitrogens with one attached hydrogen (secondary N) is 1. The van der Waals surface area contributed by atoms with Crippen LogP contribution < -0.4 is 5.32 Å². The Morgan fingerprint density at radius 1 is 1.53 bits per heavy atom. The van der Waals surface area contributed by atoms with E-state index < -0.39 is 5.97 Å². The minimum Gasteiger partial charge on any atom is -0.481 e. The van der Waals surface area contributed by atoms with Crippen LogP contribution in [0.2, 0.25) is 0 Å². The molecule has 1 aliphatic heterocycles. The van der Waals surface area contributed by atoms with Crippen LogP contribution in [0.3, 0.4) is 0 Å². The van der Waals surface area contributed by atoms with Crippen molar-refractivity contribution in [1.82, 2.24) is 10.2 Å². The third-order valence-corrected chi connectivity index (χ3v) is 2.68. The fourth-order valence-corrected chi connectivity index (χ4v) is 1.75. The Hall–Kier alpha value is -1.10. The summed E-state index contributed by atoms with van der Waals surface area (Å²) >= 11 is 0. The molecule has 0 aliphatic carbocycles. The second-order valence-electron chi connectivity index (χ2n) is 3.95. The Bertz CT molecular complexity index is 237. The molecule has 1 fully saturated rings. The van der Waals surface area contributed by atoms with E-state index in [0.29, 0.717) is 6.54 Å². The number of nitrogens with zero attached hydrogens (tertiary/aromatic N) is 1. The van der Waals surface area contributed by atoms with Crippen LogP contribution in [-0.4, -0.2) is 48.6 Å². The lowest BCUT2D eigenvalue weighted by molar-refractivity contribution is -0.139. The van der Waals surface area contributed by atoms with Gasteiger partial charge >= 0.3 is 5.97 Å². The van der Waals surface area contributed by atoms with E-state index in [0.717, 1.165) is 25.9 Å². The molecule has 0 aromatic rings. The van der Waals surface area contributed by atoms with E-state index in [2.05, 4.69) is 5.32 Å². The van der Waals surface area contributed by atoms with Crippen molar-refractivity contribution in [2.75, 3.05) is 26.7 Å². The molecule has 0 radical (unpaired) electrons. The minimum absolute atomic E-state index is 0.0163. The molecule has 0 unspecified atom stereocenters. The molecule has 5 nitrogen and oxygen atoms in total. The molecule has 1 atom stereocenters. The summed E-state index contributed by atoms with van der Waals surface area (Å²) in [5.74, 6) is -0.780. The summed E-state index contributed by atoms with van der Waals surface area (Å²) in [5, 5.41) is 11.7. The Balaban J connectivity index is 2.33. The molecule has 1 heterocycles. The maximum absolute atomic E-state index is 11.8. The van der Waals surface area contributed by atoms with Gasteiger partial charge in [-0.1, -0.05) is 0 Å². The predicted octanol–water partition coefficient (Wildman–Crippen LogP) is -0.0809. The number of piperidine rings is 1. The van der Waals surface area contributed by atoms with E-state index in [4.69, 9.17) is 5.11 Å². The average Bonchev–Trinajstić information content (AvgIpc) is 2.26. The van der Waals surface area contributed by atoms with Gasteiger partial charge in [-0.15, -0.1) is 0 Å². The zero-order valence-corrected chi connectivity index (χ0v) is 9.03. The molecule has 0 spiro atoms. The highest BCUT2D eigenvalue weighted by atomic mass is 16.4. The monoisotopic (exact) mass is 214 g/mol. The van der Waals surface area contributed by atoms with Gasteiger partial charge < -0.3 is 15.3 Å². The summed E-state index contributed by atoms with van der Waals surface area (Å²) in [4.78, 5) is 23.7. The third-order valence-electron chi connectivity index (χ3n) is 2.68. The van der Waals surface area contributed by atoms with Crippen LogP contribution in [0.4, 0.5) is 0 Å². The van der Waals surface area contributed by atoms with Crippen LogP contribution in [0.15, 0.2) is 0 Å². The largest absolute Gasteiger partial charge is 0.481 e. The molecule has 15 heavy (non-hydrogen) atoms. The van der Waals surface area contributed by atoms with Crippen molar-refractivity contribution in [2.24, 2.45) is 5.92 Å². The fraction of sp³-hybridized carbons (Fsp3) is 0.800. The number of carboxylic acid groups (broad SMARTS) is 1. The van der Waals surface area contributed by atoms with Gasteiger partial charge in [-0.2, -0.15) is 0 Å². The summed E-state index contributed by atoms with van der Waals surface area (Å²) < 4.78 is 0. The van der Waals surface area contributed by atoms with Crippen molar-refractivity contribution in [3.63, 3.8) is 0 Å². The lowest BCUT2D eigenvalue weighted by Crippen LogP contribution is -2.42. The SMILES string of the molecule is CN(CCC(=O)O)C(=O)[C@@H]1CCCNC1. The van der Waals surface area contributed by atoms with E-state index in [1.165, 1.54) is 4.90 Å². The van der Waals surface area contributed by atoms with Gasteiger partial charge in [0.25, 0.3) is 0 Å². The number of carbonyl (C=O) groups is 2. The van der Waals surface area contributed by atoms with Crippen molar-refractivity contribution in [2.45, 2.75) is 19.3 Å². The molecule has 0 aromatic carbocycles. The van der Waals surface area contributed by atoms with Crippen molar-refractivity contribution in [3.8, 4) is 0 Å². The highest BCUT2D eigenvalue weighted by Gasteiger charge is 2.23. The second kappa shape index (κ2) is 5.70. The van der Waals surface area contributed by atoms with Crippen LogP contribution in [-0.2, 0) is 9.59 Å². The zero-order valence-electron chi connectivity index (χ0n) is 9.03. The molecule has 1 aliphatic rings. The number of carboxylic acids is 1. The van der Waals surface area contributed by atoms with Gasteiger partial charge in [0.05, 0.1) is 12.3 Å². The van der Waals surface area contributed by atoms with E-state index >= 15 is 0 Å². The summed E-state index contributed by atoms with van der Waals surface area (Å²) in [7, 11) is 1.67. The number of hydrogen-bond donors (Lipinski definition) is 2. The van der Waals surface area contributed by atoms with Gasteiger partial charge in [-0.25, -0.2) is 0 Å². The smallest absolute Gasteiger partial charge is 0.305 e. The molecule has 86 valence electrons. The first kappa shape index (κ1) is 12.0. The Kier molecular flexibility index (Phi) is 4.55. The molecule has 0 saturated carbocycles. The summed E-state index contributed by atoms with van der Waals surface area (Å²) in [6.07, 6.45) is 1.94. The maximum Gasteiger partial charge on any atom is 0.305 e. The molecule has 0 bridgehead atoms. The summed E-state index contributed by atoms with van der Waals surface area (Å²) in [5.41, 5.74) is 0. The van der Waals surface area contributed by atoms with Crippen molar-refractivity contribution in [1.29, 1.82) is 0 Å². The predicted molar refractivity (Wildman–Crippen MR) is 55.5 cm³/mol. The molecular formula is C10H18N2O3. The molecule has 0 aromatic heterocycles. The standard InChI is InChI=1S/C10H18N2O3/c1-12(6-4-9(13)14)10(15)8-3-2-5-11-7-8/h8,11H,2-7H2,1H3,(H,13,14)/t8-/m1/s1. The van der Waals surface area contributed by atoms with Crippen LogP contribution in [0.25, 0.3) is 0 Å². The Labute approximate surface area is 89.4 Å². The first-order valence-electron chi connectivity index (χ1n) is 5.28. The number of carbonyl (C=O) groups excluding carboxylic acids is 1. The maximum atomic E-state index is 11.8. The normalized spacial score (nSPS) is 21.0. The first-order chi connectivity index (χ1) is 7.11. The third kappa shape index (κ3) is 3.87. The van der Waals surface area contributed by atoms with Crippen molar-refractivity contribution in [3.05, 3.63) is 0 Å². The fourth-order valence-electron chi connectivity index (χ4n) is 1.75. The van der Waals surface area contributed by atoms with E-state index in [1.807, 2.05) is 0 Å². The molecular weight excluding hydrogens is 196 g/mol. The van der Waals surface area contributed by atoms with Gasteiger partial charge in [0.2, 0.25) is 5.91 Å². The number of aliphatic carboxylic acids is 1. The lowest BCUT2D eigenvalue weighted by atomic mass is 9.98. The van der Waals surface area contributed by atoms with Gasteiger partial charge in [-0.05, 0) is 19.4 Å². The van der Waals surface area contributed by atoms with E-state index in [9.17, 15) is 9.59 Å². The highest BCUT2D eigenvalue weighted by Crippen LogP contribution is 2.12. The van der Waals surface area contributed by atoms with Crippen LogP contribution in [0.1, 0.15) is 19.3 Å². The Morgan fingerprint density at radius 2 is 2.27 bits per heavy atom. The average molecular weight is 214 g/mol. The van der Waals surface area contributed by atoms with Crippen LogP contribution in [0.5, 0.6) is 0 Å². The Morgan fingerprint density at radius 3 is 2.80 bits per heavy atom. The number of rotatable bonds is 4. The van der Waals surface area contributed by atoms with Gasteiger partial charge in [0, 0.05) is 20.1 Å². The van der Waals surface area contributed by atoms with Crippen molar-refractivity contribution >= 4 is 11.9 Å². The highest BCUT2D eigenvalue weighted by molar-refractivity contribution is 5.79. The summed E-state index contributed by atoms with van der Waals surface area (Å²) in [6, 6.07) is 0. The van der Waals surface area contributed by atoms with Crippen molar-refractivity contribution < 1.29 is 14.7 Å². The second-order valence-corrected chi connectivity index (χ2v) is 3.95. The molecule has 2 N–H and O–H groups in total. The zero-order chi connectivity index (χ0) is 11.3. The minimum atomic E-state index is -0.864. The van der Waals surface area contributed by atoms with Gasteiger partial charge in [-0.3, -0.25) is 9.59 Å². The first-order valence-corrected chi connectivity index (χ1v) is 5.28. The molecule has 1 rings (SSSR count). The van der Waals surface area contributed by atoms with Crippen LogP contribution in [0, 0.1) is 5.92 Å². The number of amides is 1.